The van der Waals surface area contributed by atoms with Crippen LogP contribution in [0.15, 0.2) is 140 Å². The minimum atomic E-state index is -4.45. The summed E-state index contributed by atoms with van der Waals surface area (Å²) in [6.07, 6.45) is -0.806. The molecule has 0 saturated heterocycles. The van der Waals surface area contributed by atoms with Crippen LogP contribution in [0.5, 0.6) is 0 Å². The quantitative estimate of drug-likeness (QED) is 0.148. The van der Waals surface area contributed by atoms with E-state index in [1.807, 2.05) is 42.6 Å². The number of benzene rings is 7. The zero-order valence-electron chi connectivity index (χ0n) is 24.4. The van der Waals surface area contributed by atoms with Gasteiger partial charge in [-0.2, -0.15) is 13.2 Å². The van der Waals surface area contributed by atoms with Crippen molar-refractivity contribution in [2.24, 2.45) is 0 Å². The third-order valence-electron chi connectivity index (χ3n) is 8.76. The van der Waals surface area contributed by atoms with Gasteiger partial charge in [0.05, 0.1) is 5.56 Å². The molecular weight excluding hydrogens is 563 g/mol. The summed E-state index contributed by atoms with van der Waals surface area (Å²) in [5.74, 6) is 0. The number of rotatable bonds is 3. The largest absolute Gasteiger partial charge is 0.416 e. The molecule has 0 N–H and O–H groups in total. The van der Waals surface area contributed by atoms with Crippen molar-refractivity contribution >= 4 is 43.1 Å². The molecule has 0 aliphatic rings. The zero-order chi connectivity index (χ0) is 30.7. The minimum absolute atomic E-state index is 0.536. The maximum absolute atomic E-state index is 14.0. The van der Waals surface area contributed by atoms with Gasteiger partial charge >= 0.3 is 6.18 Å². The van der Waals surface area contributed by atoms with Gasteiger partial charge in [0, 0.05) is 18.0 Å². The van der Waals surface area contributed by atoms with E-state index in [-0.39, 0.29) is 0 Å². The number of hydrogen-bond donors (Lipinski definition) is 0. The molecule has 1 aromatic heterocycles. The number of nitrogens with zero attached hydrogens (tertiary/aromatic N) is 1. The van der Waals surface area contributed by atoms with Gasteiger partial charge in [0.15, 0.2) is 0 Å². The molecule has 0 saturated carbocycles. The average Bonchev–Trinajstić information content (AvgIpc) is 3.06. The van der Waals surface area contributed by atoms with Gasteiger partial charge in [0.25, 0.3) is 0 Å². The molecule has 7 aromatic carbocycles. The second-order valence-corrected chi connectivity index (χ2v) is 11.6. The summed E-state index contributed by atoms with van der Waals surface area (Å²) in [7, 11) is 0. The van der Waals surface area contributed by atoms with Gasteiger partial charge in [0.1, 0.15) is 0 Å². The fourth-order valence-electron chi connectivity index (χ4n) is 6.80. The van der Waals surface area contributed by atoms with E-state index in [0.717, 1.165) is 82.5 Å². The van der Waals surface area contributed by atoms with Crippen molar-refractivity contribution in [2.45, 2.75) is 13.1 Å². The van der Waals surface area contributed by atoms with Crippen LogP contribution in [0.4, 0.5) is 13.2 Å². The van der Waals surface area contributed by atoms with Crippen LogP contribution in [0.2, 0.25) is 0 Å². The van der Waals surface area contributed by atoms with Crippen LogP contribution in [0.25, 0.3) is 76.5 Å². The fraction of sp³-hybridized carbons (Fsp3) is 0.0488. The minimum Gasteiger partial charge on any atom is -0.264 e. The van der Waals surface area contributed by atoms with E-state index < -0.39 is 11.7 Å². The first-order valence-electron chi connectivity index (χ1n) is 14.9. The first kappa shape index (κ1) is 27.1. The lowest BCUT2D eigenvalue weighted by Gasteiger charge is -2.21. The second-order valence-electron chi connectivity index (χ2n) is 11.6. The second kappa shape index (κ2) is 10.3. The number of alkyl halides is 3. The molecule has 0 bridgehead atoms. The molecule has 8 aromatic rings. The monoisotopic (exact) mass is 589 g/mol. The Hall–Kier alpha value is -5.48. The number of halogens is 3. The summed E-state index contributed by atoms with van der Waals surface area (Å²) in [5, 5.41) is 8.07. The van der Waals surface area contributed by atoms with Crippen molar-refractivity contribution in [3.63, 3.8) is 0 Å². The van der Waals surface area contributed by atoms with Crippen LogP contribution in [-0.2, 0) is 6.18 Å². The summed E-state index contributed by atoms with van der Waals surface area (Å²) in [5.41, 5.74) is 5.99. The van der Waals surface area contributed by atoms with Crippen LogP contribution in [0.1, 0.15) is 11.1 Å². The van der Waals surface area contributed by atoms with E-state index in [0.29, 0.717) is 5.56 Å². The van der Waals surface area contributed by atoms with Crippen molar-refractivity contribution in [3.05, 3.63) is 151 Å². The number of aromatic nitrogens is 1. The van der Waals surface area contributed by atoms with Crippen LogP contribution in [0.3, 0.4) is 0 Å². The molecule has 45 heavy (non-hydrogen) atoms. The Bertz CT molecular complexity index is 2420. The molecule has 0 aliphatic heterocycles. The Morgan fingerprint density at radius 2 is 1.11 bits per heavy atom. The van der Waals surface area contributed by atoms with E-state index in [1.54, 1.807) is 12.3 Å². The smallest absolute Gasteiger partial charge is 0.264 e. The predicted molar refractivity (Wildman–Crippen MR) is 180 cm³/mol. The summed E-state index contributed by atoms with van der Waals surface area (Å²) in [6.45, 7) is 2.08. The normalized spacial score (nSPS) is 12.0. The van der Waals surface area contributed by atoms with Crippen molar-refractivity contribution < 1.29 is 13.2 Å². The Morgan fingerprint density at radius 3 is 1.78 bits per heavy atom. The molecule has 0 fully saturated rings. The fourth-order valence-corrected chi connectivity index (χ4v) is 6.80. The lowest BCUT2D eigenvalue weighted by Crippen LogP contribution is -2.04. The number of aryl methyl sites for hydroxylation is 1. The molecule has 4 heteroatoms. The molecule has 0 spiro atoms. The lowest BCUT2D eigenvalue weighted by atomic mass is 9.83. The summed E-state index contributed by atoms with van der Waals surface area (Å²) in [6, 6.07) is 41.1. The Balaban J connectivity index is 1.62. The van der Waals surface area contributed by atoms with Gasteiger partial charge in [-0.15, -0.1) is 0 Å². The molecule has 1 heterocycles. The Labute approximate surface area is 258 Å². The zero-order valence-corrected chi connectivity index (χ0v) is 24.4. The third kappa shape index (κ3) is 4.53. The molecule has 0 unspecified atom stereocenters. The van der Waals surface area contributed by atoms with Crippen LogP contribution < -0.4 is 0 Å². The highest BCUT2D eigenvalue weighted by Gasteiger charge is 2.31. The molecule has 0 aliphatic carbocycles. The Kier molecular flexibility index (Phi) is 6.21. The van der Waals surface area contributed by atoms with Crippen molar-refractivity contribution in [1.29, 1.82) is 0 Å². The standard InChI is InChI=1S/C41H26F3N/c1-25-9-6-11-27(19-25)39-32-16-4-5-17-33(32)40(28-12-7-14-30(20-28)41(42,43)44)37-22-35-31-15-3-2-10-26(31)21-34(36(35)23-38(37)39)29-13-8-18-45-24-29/h2-24H,1H3. The predicted octanol–water partition coefficient (Wildman–Crippen LogP) is 12.0. The van der Waals surface area contributed by atoms with E-state index in [9.17, 15) is 13.2 Å². The maximum atomic E-state index is 14.0. The molecule has 0 atom stereocenters. The maximum Gasteiger partial charge on any atom is 0.416 e. The lowest BCUT2D eigenvalue weighted by molar-refractivity contribution is -0.137. The third-order valence-corrected chi connectivity index (χ3v) is 8.76. The SMILES string of the molecule is Cc1cccc(-c2c3ccccc3c(-c3cccc(C(F)(F)F)c3)c3cc4c(cc23)c(-c2cccnc2)cc2ccccc24)c1. The summed E-state index contributed by atoms with van der Waals surface area (Å²) < 4.78 is 42.1. The van der Waals surface area contributed by atoms with Gasteiger partial charge in [-0.3, -0.25) is 4.98 Å². The Morgan fingerprint density at radius 1 is 0.489 bits per heavy atom. The molecular formula is C41H26F3N. The molecule has 0 amide bonds. The average molecular weight is 590 g/mol. The van der Waals surface area contributed by atoms with Crippen molar-refractivity contribution in [2.75, 3.05) is 0 Å². The number of fused-ring (bicyclic) bond motifs is 5. The van der Waals surface area contributed by atoms with Gasteiger partial charge in [-0.05, 0) is 114 Å². The summed E-state index contributed by atoms with van der Waals surface area (Å²) in [4.78, 5) is 4.42. The molecule has 0 radical (unpaired) electrons. The molecule has 8 rings (SSSR count). The first-order chi connectivity index (χ1) is 21.9. The van der Waals surface area contributed by atoms with Crippen LogP contribution >= 0.6 is 0 Å². The highest BCUT2D eigenvalue weighted by molar-refractivity contribution is 6.26. The highest BCUT2D eigenvalue weighted by Crippen LogP contribution is 2.47. The number of pyridine rings is 1. The topological polar surface area (TPSA) is 12.9 Å². The van der Waals surface area contributed by atoms with E-state index in [2.05, 4.69) is 78.6 Å². The molecule has 1 nitrogen and oxygen atoms in total. The van der Waals surface area contributed by atoms with E-state index in [4.69, 9.17) is 0 Å². The van der Waals surface area contributed by atoms with Crippen molar-refractivity contribution in [3.8, 4) is 33.4 Å². The van der Waals surface area contributed by atoms with Gasteiger partial charge in [0.2, 0.25) is 0 Å². The first-order valence-corrected chi connectivity index (χ1v) is 14.9. The van der Waals surface area contributed by atoms with Gasteiger partial charge in [-0.1, -0.05) is 96.6 Å². The van der Waals surface area contributed by atoms with Crippen LogP contribution in [0, 0.1) is 6.92 Å². The van der Waals surface area contributed by atoms with Gasteiger partial charge < -0.3 is 0 Å². The molecule has 216 valence electrons. The number of hydrogen-bond acceptors (Lipinski definition) is 1. The summed E-state index contributed by atoms with van der Waals surface area (Å²) >= 11 is 0. The van der Waals surface area contributed by atoms with Gasteiger partial charge in [-0.25, -0.2) is 0 Å². The van der Waals surface area contributed by atoms with E-state index in [1.165, 1.54) is 12.1 Å². The van der Waals surface area contributed by atoms with Crippen LogP contribution in [-0.4, -0.2) is 4.98 Å². The van der Waals surface area contributed by atoms with E-state index >= 15 is 0 Å². The van der Waals surface area contributed by atoms with Crippen molar-refractivity contribution in [1.82, 2.24) is 4.98 Å². The highest BCUT2D eigenvalue weighted by atomic mass is 19.4.